The van der Waals surface area contributed by atoms with Crippen LogP contribution in [0.2, 0.25) is 0 Å². The molecule has 0 aromatic heterocycles. The van der Waals surface area contributed by atoms with Gasteiger partial charge in [0, 0.05) is 24.9 Å². The van der Waals surface area contributed by atoms with Gasteiger partial charge < -0.3 is 14.7 Å². The summed E-state index contributed by atoms with van der Waals surface area (Å²) in [5, 5.41) is 20.1. The minimum Gasteiger partial charge on any atom is -0.481 e. The first-order chi connectivity index (χ1) is 9.40. The van der Waals surface area contributed by atoms with Crippen molar-refractivity contribution in [2.45, 2.75) is 13.0 Å². The summed E-state index contributed by atoms with van der Waals surface area (Å²) in [6.07, 6.45) is 0. The van der Waals surface area contributed by atoms with E-state index in [1.165, 1.54) is 12.1 Å². The van der Waals surface area contributed by atoms with Crippen molar-refractivity contribution >= 4 is 17.3 Å². The van der Waals surface area contributed by atoms with Gasteiger partial charge in [-0.05, 0) is 18.6 Å². The van der Waals surface area contributed by atoms with E-state index in [1.807, 2.05) is 0 Å². The Morgan fingerprint density at radius 2 is 2.15 bits per heavy atom. The molecule has 1 aliphatic rings. The van der Waals surface area contributed by atoms with Crippen LogP contribution in [0.25, 0.3) is 0 Å². The molecule has 0 aliphatic carbocycles. The van der Waals surface area contributed by atoms with Crippen molar-refractivity contribution in [3.63, 3.8) is 0 Å². The number of benzene rings is 1. The van der Waals surface area contributed by atoms with Crippen molar-refractivity contribution in [2.24, 2.45) is 5.92 Å². The van der Waals surface area contributed by atoms with Gasteiger partial charge in [-0.2, -0.15) is 0 Å². The predicted molar refractivity (Wildman–Crippen MR) is 72.0 cm³/mol. The van der Waals surface area contributed by atoms with E-state index in [0.717, 1.165) is 5.56 Å². The standard InChI is InChI=1S/C13H16N2O5/c1-8-3-9(5-10(4-8)15(18)19)14(2)12-7-20-6-11(12)13(16)17/h3-5,11-12H,6-7H2,1-2H3,(H,16,17). The number of rotatable bonds is 4. The minimum atomic E-state index is -0.915. The first kappa shape index (κ1) is 14.3. The normalized spacial score (nSPS) is 21.7. The summed E-state index contributed by atoms with van der Waals surface area (Å²) in [4.78, 5) is 23.4. The molecule has 0 spiro atoms. The van der Waals surface area contributed by atoms with Crippen molar-refractivity contribution in [3.05, 3.63) is 33.9 Å². The molecule has 108 valence electrons. The summed E-state index contributed by atoms with van der Waals surface area (Å²) >= 11 is 0. The second-order valence-corrected chi connectivity index (χ2v) is 4.94. The van der Waals surface area contributed by atoms with Crippen molar-refractivity contribution in [2.75, 3.05) is 25.2 Å². The van der Waals surface area contributed by atoms with E-state index in [1.54, 1.807) is 24.9 Å². The Kier molecular flexibility index (Phi) is 3.89. The van der Waals surface area contributed by atoms with Gasteiger partial charge in [0.2, 0.25) is 0 Å². The van der Waals surface area contributed by atoms with Crippen LogP contribution in [-0.4, -0.2) is 42.3 Å². The third-order valence-electron chi connectivity index (χ3n) is 3.53. The summed E-state index contributed by atoms with van der Waals surface area (Å²) in [5.41, 5.74) is 1.38. The number of nitro benzene ring substituents is 1. The van der Waals surface area contributed by atoms with Crippen molar-refractivity contribution < 1.29 is 19.6 Å². The van der Waals surface area contributed by atoms with Crippen molar-refractivity contribution in [1.82, 2.24) is 0 Å². The number of likely N-dealkylation sites (N-methyl/N-ethyl adjacent to an activating group) is 1. The number of nitro groups is 1. The lowest BCUT2D eigenvalue weighted by atomic mass is 10.0. The quantitative estimate of drug-likeness (QED) is 0.662. The first-order valence-corrected chi connectivity index (χ1v) is 6.19. The smallest absolute Gasteiger partial charge is 0.311 e. The molecular formula is C13H16N2O5. The second-order valence-electron chi connectivity index (χ2n) is 4.94. The summed E-state index contributed by atoms with van der Waals surface area (Å²) < 4.78 is 5.23. The lowest BCUT2D eigenvalue weighted by Crippen LogP contribution is -2.40. The first-order valence-electron chi connectivity index (χ1n) is 6.19. The number of carboxylic acid groups (broad SMARTS) is 1. The third-order valence-corrected chi connectivity index (χ3v) is 3.53. The number of carbonyl (C=O) groups is 1. The number of aryl methyl sites for hydroxylation is 1. The Bertz CT molecular complexity index is 546. The van der Waals surface area contributed by atoms with Gasteiger partial charge in [0.05, 0.1) is 24.2 Å². The molecule has 0 amide bonds. The van der Waals surface area contributed by atoms with Gasteiger partial charge in [-0.15, -0.1) is 0 Å². The maximum Gasteiger partial charge on any atom is 0.311 e. The van der Waals surface area contributed by atoms with Gasteiger partial charge in [-0.1, -0.05) is 0 Å². The molecule has 1 aromatic carbocycles. The van der Waals surface area contributed by atoms with E-state index in [-0.39, 0.29) is 18.3 Å². The molecule has 1 saturated heterocycles. The van der Waals surface area contributed by atoms with Gasteiger partial charge in [-0.3, -0.25) is 14.9 Å². The molecule has 1 fully saturated rings. The summed E-state index contributed by atoms with van der Waals surface area (Å²) in [5.74, 6) is -1.54. The zero-order valence-electron chi connectivity index (χ0n) is 11.3. The molecule has 7 heteroatoms. The van der Waals surface area contributed by atoms with E-state index in [9.17, 15) is 14.9 Å². The maximum atomic E-state index is 11.2. The van der Waals surface area contributed by atoms with Crippen LogP contribution in [0.1, 0.15) is 5.56 Å². The highest BCUT2D eigenvalue weighted by atomic mass is 16.6. The van der Waals surface area contributed by atoms with E-state index in [2.05, 4.69) is 0 Å². The number of ether oxygens (including phenoxy) is 1. The SMILES string of the molecule is Cc1cc(N(C)C2COCC2C(=O)O)cc([N+](=O)[O-])c1. The Morgan fingerprint density at radius 3 is 2.75 bits per heavy atom. The van der Waals surface area contributed by atoms with Crippen molar-refractivity contribution in [3.8, 4) is 0 Å². The summed E-state index contributed by atoms with van der Waals surface area (Å²) in [6, 6.07) is 4.40. The molecule has 0 radical (unpaired) electrons. The van der Waals surface area contributed by atoms with Gasteiger partial charge in [0.1, 0.15) is 5.92 Å². The highest BCUT2D eigenvalue weighted by molar-refractivity contribution is 5.72. The molecule has 2 atom stereocenters. The van der Waals surface area contributed by atoms with Crippen LogP contribution in [0.4, 0.5) is 11.4 Å². The highest BCUT2D eigenvalue weighted by Crippen LogP contribution is 2.28. The number of hydrogen-bond acceptors (Lipinski definition) is 5. The third kappa shape index (κ3) is 2.72. The molecule has 20 heavy (non-hydrogen) atoms. The fourth-order valence-corrected chi connectivity index (χ4v) is 2.40. The van der Waals surface area contributed by atoms with Crippen LogP contribution in [0.5, 0.6) is 0 Å². The molecule has 1 N–H and O–H groups in total. The van der Waals surface area contributed by atoms with E-state index < -0.39 is 16.8 Å². The minimum absolute atomic E-state index is 0.00218. The number of non-ortho nitro benzene ring substituents is 1. The average molecular weight is 280 g/mol. The Labute approximate surface area is 115 Å². The van der Waals surface area contributed by atoms with Crippen LogP contribution >= 0.6 is 0 Å². The second kappa shape index (κ2) is 5.46. The summed E-state index contributed by atoms with van der Waals surface area (Å²) in [6.45, 7) is 2.23. The molecule has 1 aromatic rings. The van der Waals surface area contributed by atoms with Crippen LogP contribution in [0.15, 0.2) is 18.2 Å². The molecule has 7 nitrogen and oxygen atoms in total. The Hall–Kier alpha value is -2.15. The molecular weight excluding hydrogens is 264 g/mol. The molecule has 2 unspecified atom stereocenters. The van der Waals surface area contributed by atoms with Crippen LogP contribution in [-0.2, 0) is 9.53 Å². The van der Waals surface area contributed by atoms with Crippen molar-refractivity contribution in [1.29, 1.82) is 0 Å². The van der Waals surface area contributed by atoms with E-state index >= 15 is 0 Å². The largest absolute Gasteiger partial charge is 0.481 e. The van der Waals surface area contributed by atoms with E-state index in [4.69, 9.17) is 9.84 Å². The zero-order valence-corrected chi connectivity index (χ0v) is 11.3. The lowest BCUT2D eigenvalue weighted by Gasteiger charge is -2.28. The Balaban J connectivity index is 2.31. The number of anilines is 1. The van der Waals surface area contributed by atoms with Gasteiger partial charge in [0.15, 0.2) is 0 Å². The monoisotopic (exact) mass is 280 g/mol. The van der Waals surface area contributed by atoms with Gasteiger partial charge in [0.25, 0.3) is 5.69 Å². The Morgan fingerprint density at radius 1 is 1.45 bits per heavy atom. The van der Waals surface area contributed by atoms with Crippen LogP contribution in [0.3, 0.4) is 0 Å². The zero-order chi connectivity index (χ0) is 14.9. The number of hydrogen-bond donors (Lipinski definition) is 1. The van der Waals surface area contributed by atoms with Crippen LogP contribution < -0.4 is 4.90 Å². The number of nitrogens with zero attached hydrogens (tertiary/aromatic N) is 2. The van der Waals surface area contributed by atoms with E-state index in [0.29, 0.717) is 12.3 Å². The summed E-state index contributed by atoms with van der Waals surface area (Å²) in [7, 11) is 1.73. The number of aliphatic carboxylic acids is 1. The molecule has 1 heterocycles. The molecule has 0 saturated carbocycles. The number of carboxylic acids is 1. The van der Waals surface area contributed by atoms with Gasteiger partial charge in [-0.25, -0.2) is 0 Å². The highest BCUT2D eigenvalue weighted by Gasteiger charge is 2.37. The average Bonchev–Trinajstić information content (AvgIpc) is 2.86. The van der Waals surface area contributed by atoms with Gasteiger partial charge >= 0.3 is 5.97 Å². The maximum absolute atomic E-state index is 11.2. The fraction of sp³-hybridized carbons (Fsp3) is 0.462. The van der Waals surface area contributed by atoms with Crippen LogP contribution in [0, 0.1) is 23.0 Å². The topological polar surface area (TPSA) is 92.9 Å². The molecule has 2 rings (SSSR count). The lowest BCUT2D eigenvalue weighted by molar-refractivity contribution is -0.384. The molecule has 0 bridgehead atoms. The fourth-order valence-electron chi connectivity index (χ4n) is 2.40. The predicted octanol–water partition coefficient (Wildman–Crippen LogP) is 1.44. The molecule has 1 aliphatic heterocycles.